The van der Waals surface area contributed by atoms with E-state index < -0.39 is 5.91 Å². The minimum Gasteiger partial charge on any atom is -0.506 e. The van der Waals surface area contributed by atoms with E-state index in [4.69, 9.17) is 0 Å². The molecule has 0 aromatic heterocycles. The fraction of sp³-hybridized carbons (Fsp3) is 0.176. The molecule has 0 aliphatic carbocycles. The summed E-state index contributed by atoms with van der Waals surface area (Å²) in [4.78, 5) is 12.2. The van der Waals surface area contributed by atoms with Crippen LogP contribution in [0, 0.1) is 0 Å². The zero-order valence-electron chi connectivity index (χ0n) is 13.3. The van der Waals surface area contributed by atoms with Gasteiger partial charge in [-0.3, -0.25) is 4.79 Å². The summed E-state index contributed by atoms with van der Waals surface area (Å²) in [6.07, 6.45) is 0.765. The van der Waals surface area contributed by atoms with E-state index in [2.05, 4.69) is 74.2 Å². The minimum atomic E-state index is -0.443. The fourth-order valence-electron chi connectivity index (χ4n) is 2.25. The Balaban J connectivity index is 1.96. The van der Waals surface area contributed by atoms with E-state index in [1.165, 1.54) is 0 Å². The zero-order valence-corrected chi connectivity index (χ0v) is 19.6. The molecule has 2 aromatic carbocycles. The number of nitrogens with one attached hydrogen (secondary N) is 1. The molecule has 0 fully saturated rings. The molecule has 0 saturated carbocycles. The highest BCUT2D eigenvalue weighted by Gasteiger charge is 2.15. The quantitative estimate of drug-likeness (QED) is 0.239. The lowest BCUT2D eigenvalue weighted by atomic mass is 10.1. The summed E-state index contributed by atoms with van der Waals surface area (Å²) < 4.78 is 2.88. The van der Waals surface area contributed by atoms with Crippen molar-refractivity contribution in [1.29, 1.82) is 0 Å². The van der Waals surface area contributed by atoms with Crippen molar-refractivity contribution in [1.82, 2.24) is 5.32 Å². The number of rotatable bonds is 6. The highest BCUT2D eigenvalue weighted by Crippen LogP contribution is 2.33. The third-order valence-electron chi connectivity index (χ3n) is 3.45. The number of phenols is 1. The minimum absolute atomic E-state index is 0.00934. The van der Waals surface area contributed by atoms with Crippen LogP contribution in [0.15, 0.2) is 53.4 Å². The van der Waals surface area contributed by atoms with Crippen molar-refractivity contribution in [2.75, 3.05) is 6.54 Å². The Morgan fingerprint density at radius 1 is 0.962 bits per heavy atom. The van der Waals surface area contributed by atoms with Crippen molar-refractivity contribution in [3.63, 3.8) is 0 Å². The summed E-state index contributed by atoms with van der Waals surface area (Å²) in [6.45, 7) is 0.406. The Morgan fingerprint density at radius 3 is 2.08 bits per heavy atom. The average Bonchev–Trinajstić information content (AvgIpc) is 2.56. The fourth-order valence-corrected chi connectivity index (χ4v) is 4.92. The second-order valence-corrected chi connectivity index (χ2v) is 8.96. The Hall–Kier alpha value is -0.900. The first-order valence-corrected chi connectivity index (χ1v) is 10.6. The second kappa shape index (κ2) is 9.87. The highest BCUT2D eigenvalue weighted by atomic mass is 79.9. The van der Waals surface area contributed by atoms with Crippen molar-refractivity contribution >= 4 is 75.3 Å². The second-order valence-electron chi connectivity index (χ2n) is 5.42. The molecule has 5 nitrogen and oxygen atoms in total. The molecule has 1 amide bonds. The molecule has 0 aliphatic heterocycles. The van der Waals surface area contributed by atoms with E-state index in [-0.39, 0.29) is 17.9 Å². The van der Waals surface area contributed by atoms with Gasteiger partial charge in [-0.2, -0.15) is 0 Å². The molecule has 0 saturated heterocycles. The molecule has 0 heterocycles. The van der Waals surface area contributed by atoms with Crippen molar-refractivity contribution in [2.45, 2.75) is 12.8 Å². The topological polar surface area (TPSA) is 81.9 Å². The summed E-state index contributed by atoms with van der Waals surface area (Å²) in [5, 5.41) is 24.8. The Kier molecular flexibility index (Phi) is 8.12. The van der Waals surface area contributed by atoms with Crippen molar-refractivity contribution < 1.29 is 15.1 Å². The predicted molar refractivity (Wildman–Crippen MR) is 115 cm³/mol. The van der Waals surface area contributed by atoms with Crippen LogP contribution in [-0.4, -0.2) is 28.5 Å². The zero-order chi connectivity index (χ0) is 19.3. The lowest BCUT2D eigenvalue weighted by Crippen LogP contribution is -2.33. The average molecular weight is 614 g/mol. The Labute approximate surface area is 184 Å². The molecule has 138 valence electrons. The molecule has 0 bridgehead atoms. The van der Waals surface area contributed by atoms with E-state index in [0.717, 1.165) is 14.5 Å². The molecule has 0 aliphatic rings. The van der Waals surface area contributed by atoms with Crippen LogP contribution in [0.1, 0.15) is 11.1 Å². The van der Waals surface area contributed by atoms with Crippen LogP contribution in [0.2, 0.25) is 0 Å². The van der Waals surface area contributed by atoms with Crippen LogP contribution in [0.5, 0.6) is 5.75 Å². The lowest BCUT2D eigenvalue weighted by Gasteiger charge is -2.09. The molecule has 0 atom stereocenters. The Bertz CT molecular complexity index is 813. The number of hydrogen-bond acceptors (Lipinski definition) is 4. The van der Waals surface area contributed by atoms with E-state index in [0.29, 0.717) is 27.5 Å². The molecule has 0 radical (unpaired) electrons. The molecule has 9 heteroatoms. The molecule has 26 heavy (non-hydrogen) atoms. The summed E-state index contributed by atoms with van der Waals surface area (Å²) in [5.74, 6) is -0.372. The smallest absolute Gasteiger partial charge is 0.269 e. The lowest BCUT2D eigenvalue weighted by molar-refractivity contribution is -0.115. The molecule has 3 N–H and O–H groups in total. The molecule has 2 rings (SSSR count). The Morgan fingerprint density at radius 2 is 1.54 bits per heavy atom. The van der Waals surface area contributed by atoms with Gasteiger partial charge in [0.05, 0.1) is 8.95 Å². The van der Waals surface area contributed by atoms with Gasteiger partial charge in [-0.25, -0.2) is 0 Å². The summed E-state index contributed by atoms with van der Waals surface area (Å²) in [7, 11) is 0. The van der Waals surface area contributed by atoms with Gasteiger partial charge in [0.1, 0.15) is 11.5 Å². The van der Waals surface area contributed by atoms with Crippen LogP contribution in [0.3, 0.4) is 0 Å². The number of aromatic hydroxyl groups is 1. The van der Waals surface area contributed by atoms with Gasteiger partial charge in [0.15, 0.2) is 0 Å². The maximum atomic E-state index is 12.2. The monoisotopic (exact) mass is 610 g/mol. The van der Waals surface area contributed by atoms with Gasteiger partial charge < -0.3 is 15.6 Å². The summed E-state index contributed by atoms with van der Waals surface area (Å²) >= 11 is 13.3. The highest BCUT2D eigenvalue weighted by molar-refractivity contribution is 9.11. The number of carbonyl (C=O) groups excluding carboxylic acids is 1. The predicted octanol–water partition coefficient (Wildman–Crippen LogP) is 5.17. The molecular weight excluding hydrogens is 600 g/mol. The number of nitrogens with zero attached hydrogens (tertiary/aromatic N) is 1. The van der Waals surface area contributed by atoms with Gasteiger partial charge in [-0.15, -0.1) is 0 Å². The largest absolute Gasteiger partial charge is 0.506 e. The maximum absolute atomic E-state index is 12.2. The van der Waals surface area contributed by atoms with E-state index in [1.54, 1.807) is 12.1 Å². The van der Waals surface area contributed by atoms with E-state index >= 15 is 0 Å². The van der Waals surface area contributed by atoms with Gasteiger partial charge in [0.2, 0.25) is 0 Å². The summed E-state index contributed by atoms with van der Waals surface area (Å²) in [5.41, 5.74) is 1.76. The number of carbonyl (C=O) groups is 1. The van der Waals surface area contributed by atoms with Crippen molar-refractivity contribution in [3.8, 4) is 5.75 Å². The van der Waals surface area contributed by atoms with Gasteiger partial charge in [-0.1, -0.05) is 37.0 Å². The van der Waals surface area contributed by atoms with E-state index in [1.807, 2.05) is 18.2 Å². The van der Waals surface area contributed by atoms with Gasteiger partial charge >= 0.3 is 0 Å². The van der Waals surface area contributed by atoms with Crippen LogP contribution in [-0.2, 0) is 17.6 Å². The van der Waals surface area contributed by atoms with Crippen molar-refractivity contribution in [2.24, 2.45) is 5.16 Å². The molecule has 0 unspecified atom stereocenters. The normalized spacial score (nSPS) is 11.5. The number of benzene rings is 2. The third kappa shape index (κ3) is 6.07. The molecule has 2 aromatic rings. The van der Waals surface area contributed by atoms with Gasteiger partial charge in [0, 0.05) is 21.9 Å². The van der Waals surface area contributed by atoms with E-state index in [9.17, 15) is 15.1 Å². The van der Waals surface area contributed by atoms with Crippen LogP contribution >= 0.6 is 63.7 Å². The first-order chi connectivity index (χ1) is 12.3. The van der Waals surface area contributed by atoms with Gasteiger partial charge in [0.25, 0.3) is 5.91 Å². The number of hydrogen-bond donors (Lipinski definition) is 3. The number of oxime groups is 1. The SMILES string of the molecule is O=C(NCCc1cc(Br)cc(Br)c1)/C(Cc1cc(Br)c(O)c(Br)c1)=N/O. The number of phenolic OH excluding ortho intramolecular Hbond substituents is 1. The number of amides is 1. The van der Waals surface area contributed by atoms with Crippen LogP contribution < -0.4 is 5.32 Å². The van der Waals surface area contributed by atoms with Crippen LogP contribution in [0.25, 0.3) is 0 Å². The maximum Gasteiger partial charge on any atom is 0.269 e. The molecular formula is C17H14Br4N2O3. The van der Waals surface area contributed by atoms with Crippen molar-refractivity contribution in [3.05, 3.63) is 59.3 Å². The molecule has 0 spiro atoms. The third-order valence-corrected chi connectivity index (χ3v) is 5.58. The summed E-state index contributed by atoms with van der Waals surface area (Å²) in [6, 6.07) is 9.22. The van der Waals surface area contributed by atoms with Crippen LogP contribution in [0.4, 0.5) is 0 Å². The first-order valence-electron chi connectivity index (χ1n) is 7.41. The standard InChI is InChI=1S/C17H14Br4N2O3/c18-11-3-9(4-12(19)8-11)1-2-22-17(25)15(23-26)7-10-5-13(20)16(24)14(21)6-10/h3-6,8,24,26H,1-2,7H2,(H,22,25)/b23-15+. The first kappa shape index (κ1) is 21.4. The van der Waals surface area contributed by atoms with Gasteiger partial charge in [-0.05, 0) is 79.7 Å². The number of halogens is 4.